The molecule has 0 heterocycles. The van der Waals surface area contributed by atoms with Crippen molar-refractivity contribution in [2.24, 2.45) is 0 Å². The maximum atomic E-state index is 10.8. The lowest BCUT2D eigenvalue weighted by molar-refractivity contribution is -0.142. The SMILES string of the molecule is CC(=O)OCCCC[Si](C)(CCCCOC(C)=O)O[Si](C)(C)C. The molecule has 0 aromatic heterocycles. The zero-order chi connectivity index (χ0) is 17.9. The number of hydrogen-bond acceptors (Lipinski definition) is 5. The minimum Gasteiger partial charge on any atom is -0.466 e. The Morgan fingerprint density at radius 2 is 1.13 bits per heavy atom. The van der Waals surface area contributed by atoms with Gasteiger partial charge in [0.15, 0.2) is 16.6 Å². The van der Waals surface area contributed by atoms with E-state index in [1.165, 1.54) is 13.8 Å². The maximum absolute atomic E-state index is 10.8. The number of unbranched alkanes of at least 4 members (excludes halogenated alkanes) is 2. The summed E-state index contributed by atoms with van der Waals surface area (Å²) in [7, 11) is -3.33. The van der Waals surface area contributed by atoms with Gasteiger partial charge >= 0.3 is 11.9 Å². The smallest absolute Gasteiger partial charge is 0.302 e. The van der Waals surface area contributed by atoms with E-state index in [2.05, 4.69) is 26.2 Å². The van der Waals surface area contributed by atoms with Gasteiger partial charge in [-0.3, -0.25) is 9.59 Å². The lowest BCUT2D eigenvalue weighted by Gasteiger charge is -2.35. The molecule has 5 nitrogen and oxygen atoms in total. The number of hydrogen-bond donors (Lipinski definition) is 0. The van der Waals surface area contributed by atoms with Crippen molar-refractivity contribution in [2.45, 2.75) is 77.8 Å². The summed E-state index contributed by atoms with van der Waals surface area (Å²) < 4.78 is 16.5. The van der Waals surface area contributed by atoms with E-state index in [0.717, 1.165) is 37.8 Å². The van der Waals surface area contributed by atoms with Crippen LogP contribution < -0.4 is 0 Å². The van der Waals surface area contributed by atoms with Gasteiger partial charge in [-0.1, -0.05) is 12.8 Å². The summed E-state index contributed by atoms with van der Waals surface area (Å²) in [5, 5.41) is 0. The molecule has 0 saturated heterocycles. The zero-order valence-corrected chi connectivity index (χ0v) is 17.7. The molecule has 23 heavy (non-hydrogen) atoms. The van der Waals surface area contributed by atoms with Crippen LogP contribution in [0.15, 0.2) is 0 Å². The van der Waals surface area contributed by atoms with Gasteiger partial charge in [-0.25, -0.2) is 0 Å². The Balaban J connectivity index is 4.23. The van der Waals surface area contributed by atoms with Gasteiger partial charge in [0.25, 0.3) is 0 Å². The Morgan fingerprint density at radius 1 is 0.739 bits per heavy atom. The van der Waals surface area contributed by atoms with E-state index in [1.54, 1.807) is 0 Å². The van der Waals surface area contributed by atoms with Gasteiger partial charge < -0.3 is 13.6 Å². The first-order valence-corrected chi connectivity index (χ1v) is 14.7. The number of esters is 2. The number of carbonyl (C=O) groups is 2. The van der Waals surface area contributed by atoms with Crippen LogP contribution in [0.25, 0.3) is 0 Å². The Hall–Kier alpha value is -0.666. The minimum absolute atomic E-state index is 0.214. The van der Waals surface area contributed by atoms with Crippen LogP contribution in [-0.2, 0) is 23.2 Å². The van der Waals surface area contributed by atoms with E-state index in [0.29, 0.717) is 13.2 Å². The summed E-state index contributed by atoms with van der Waals surface area (Å²) in [5.41, 5.74) is 0. The fourth-order valence-corrected chi connectivity index (χ4v) is 11.6. The summed E-state index contributed by atoms with van der Waals surface area (Å²) in [6.45, 7) is 12.9. The number of rotatable bonds is 12. The van der Waals surface area contributed by atoms with Crippen molar-refractivity contribution in [1.29, 1.82) is 0 Å². The second kappa shape index (κ2) is 11.0. The molecule has 0 amide bonds. The van der Waals surface area contributed by atoms with Crippen LogP contribution in [0.3, 0.4) is 0 Å². The predicted octanol–water partition coefficient (Wildman–Crippen LogP) is 4.10. The molecule has 0 aliphatic rings. The van der Waals surface area contributed by atoms with Crippen molar-refractivity contribution in [1.82, 2.24) is 0 Å². The van der Waals surface area contributed by atoms with Gasteiger partial charge in [0.2, 0.25) is 0 Å². The fourth-order valence-electron chi connectivity index (χ4n) is 2.60. The van der Waals surface area contributed by atoms with E-state index >= 15 is 0 Å². The highest BCUT2D eigenvalue weighted by Gasteiger charge is 2.33. The maximum Gasteiger partial charge on any atom is 0.302 e. The van der Waals surface area contributed by atoms with Gasteiger partial charge in [-0.05, 0) is 51.1 Å². The van der Waals surface area contributed by atoms with Gasteiger partial charge in [0, 0.05) is 13.8 Å². The average Bonchev–Trinajstić information content (AvgIpc) is 2.35. The molecule has 0 aromatic rings. The summed E-state index contributed by atoms with van der Waals surface area (Å²) in [4.78, 5) is 21.5. The molecular weight excluding hydrogens is 328 g/mol. The highest BCUT2D eigenvalue weighted by atomic mass is 28.4. The fraction of sp³-hybridized carbons (Fsp3) is 0.875. The third kappa shape index (κ3) is 14.6. The Labute approximate surface area is 143 Å². The largest absolute Gasteiger partial charge is 0.466 e. The molecule has 0 aliphatic carbocycles. The molecule has 0 rings (SSSR count). The second-order valence-electron chi connectivity index (χ2n) is 7.26. The van der Waals surface area contributed by atoms with Crippen LogP contribution in [0.1, 0.15) is 39.5 Å². The molecule has 0 unspecified atom stereocenters. The molecule has 136 valence electrons. The third-order valence-corrected chi connectivity index (χ3v) is 10.6. The molecule has 0 N–H and O–H groups in total. The quantitative estimate of drug-likeness (QED) is 0.297. The first kappa shape index (κ1) is 22.3. The summed E-state index contributed by atoms with van der Waals surface area (Å²) >= 11 is 0. The molecule has 0 aliphatic heterocycles. The van der Waals surface area contributed by atoms with E-state index in [1.807, 2.05) is 0 Å². The van der Waals surface area contributed by atoms with Crippen LogP contribution in [0.4, 0.5) is 0 Å². The third-order valence-electron chi connectivity index (χ3n) is 3.36. The Kier molecular flexibility index (Phi) is 10.7. The standard InChI is InChI=1S/C16H34O5Si2/c1-15(17)19-11-7-9-13-23(6,21-22(3,4)5)14-10-8-12-20-16(2)18/h7-14H2,1-6H3. The summed E-state index contributed by atoms with van der Waals surface area (Å²) in [6.07, 6.45) is 3.85. The summed E-state index contributed by atoms with van der Waals surface area (Å²) in [6, 6.07) is 2.18. The number of ether oxygens (including phenoxy) is 2. The van der Waals surface area contributed by atoms with E-state index in [-0.39, 0.29) is 11.9 Å². The first-order valence-electron chi connectivity index (χ1n) is 8.51. The molecule has 7 heteroatoms. The Bertz CT molecular complexity index is 342. The van der Waals surface area contributed by atoms with Crippen molar-refractivity contribution in [2.75, 3.05) is 13.2 Å². The highest BCUT2D eigenvalue weighted by Crippen LogP contribution is 2.27. The summed E-state index contributed by atoms with van der Waals surface area (Å²) in [5.74, 6) is -0.428. The molecule has 0 aromatic carbocycles. The van der Waals surface area contributed by atoms with Crippen molar-refractivity contribution in [3.63, 3.8) is 0 Å². The number of carbonyl (C=O) groups excluding carboxylic acids is 2. The highest BCUT2D eigenvalue weighted by molar-refractivity contribution is 6.84. The topological polar surface area (TPSA) is 61.8 Å². The van der Waals surface area contributed by atoms with Gasteiger partial charge in [0.1, 0.15) is 0 Å². The van der Waals surface area contributed by atoms with Crippen molar-refractivity contribution in [3.05, 3.63) is 0 Å². The first-order chi connectivity index (χ1) is 10.5. The van der Waals surface area contributed by atoms with Crippen LogP contribution in [0, 0.1) is 0 Å². The monoisotopic (exact) mass is 362 g/mol. The molecule has 0 fully saturated rings. The van der Waals surface area contributed by atoms with Crippen molar-refractivity contribution in [3.8, 4) is 0 Å². The van der Waals surface area contributed by atoms with Crippen LogP contribution in [-0.4, -0.2) is 41.8 Å². The predicted molar refractivity (Wildman–Crippen MR) is 97.4 cm³/mol. The van der Waals surface area contributed by atoms with Crippen LogP contribution in [0.2, 0.25) is 38.3 Å². The Morgan fingerprint density at radius 3 is 1.43 bits per heavy atom. The molecule has 0 bridgehead atoms. The van der Waals surface area contributed by atoms with E-state index in [9.17, 15) is 9.59 Å². The average molecular weight is 363 g/mol. The van der Waals surface area contributed by atoms with E-state index in [4.69, 9.17) is 13.6 Å². The zero-order valence-electron chi connectivity index (χ0n) is 15.7. The minimum atomic E-state index is -1.76. The van der Waals surface area contributed by atoms with Gasteiger partial charge in [-0.15, -0.1) is 0 Å². The van der Waals surface area contributed by atoms with Crippen LogP contribution >= 0.6 is 0 Å². The molecular formula is C16H34O5Si2. The molecule has 0 spiro atoms. The lowest BCUT2D eigenvalue weighted by atomic mass is 10.3. The van der Waals surface area contributed by atoms with Crippen molar-refractivity contribution < 1.29 is 23.2 Å². The van der Waals surface area contributed by atoms with Gasteiger partial charge in [-0.2, -0.15) is 0 Å². The second-order valence-corrected chi connectivity index (χ2v) is 16.2. The molecule has 0 saturated carbocycles. The lowest BCUT2D eigenvalue weighted by Crippen LogP contribution is -2.44. The van der Waals surface area contributed by atoms with Crippen molar-refractivity contribution >= 4 is 28.6 Å². The molecule has 0 atom stereocenters. The van der Waals surface area contributed by atoms with Crippen LogP contribution in [0.5, 0.6) is 0 Å². The van der Waals surface area contributed by atoms with E-state index < -0.39 is 16.6 Å². The normalized spacial score (nSPS) is 12.1. The molecule has 0 radical (unpaired) electrons. The van der Waals surface area contributed by atoms with Gasteiger partial charge in [0.05, 0.1) is 13.2 Å².